The van der Waals surface area contributed by atoms with E-state index in [-0.39, 0.29) is 0 Å². The van der Waals surface area contributed by atoms with Crippen LogP contribution in [0.3, 0.4) is 0 Å². The number of nitrogens with one attached hydrogen (secondary N) is 2. The molecule has 0 amide bonds. The van der Waals surface area contributed by atoms with E-state index in [1.165, 1.54) is 5.56 Å². The summed E-state index contributed by atoms with van der Waals surface area (Å²) in [4.78, 5) is 0. The Hall–Kier alpha value is -1.03. The van der Waals surface area contributed by atoms with Gasteiger partial charge in [0.1, 0.15) is 0 Å². The quantitative estimate of drug-likeness (QED) is 0.797. The van der Waals surface area contributed by atoms with E-state index in [9.17, 15) is 0 Å². The molecule has 0 aliphatic rings. The molecule has 0 spiro atoms. The highest BCUT2D eigenvalue weighted by atomic mass is 35.5. The summed E-state index contributed by atoms with van der Waals surface area (Å²) in [5.41, 5.74) is 3.55. The maximum Gasteiger partial charge on any atom is 0.0522 e. The Balaban J connectivity index is 1.71. The molecule has 0 saturated carbocycles. The summed E-state index contributed by atoms with van der Waals surface area (Å²) in [6, 6.07) is 5.61. The zero-order chi connectivity index (χ0) is 13.7. The first kappa shape index (κ1) is 14.4. The number of aromatic amines is 1. The number of hydrogen-bond acceptors (Lipinski definition) is 2. The van der Waals surface area contributed by atoms with Crippen LogP contribution in [-0.2, 0) is 13.0 Å². The number of benzene rings is 1. The average Bonchev–Trinajstić information content (AvgIpc) is 2.73. The SMILES string of the molecule is Cc1[nH]ncc1CCCNCc1cc(Cl)cc(Cl)c1. The molecular weight excluding hydrogens is 281 g/mol. The third kappa shape index (κ3) is 4.53. The minimum absolute atomic E-state index is 0.679. The van der Waals surface area contributed by atoms with Crippen LogP contribution in [0.4, 0.5) is 0 Å². The fraction of sp³-hybridized carbons (Fsp3) is 0.357. The van der Waals surface area contributed by atoms with Crippen LogP contribution in [0.5, 0.6) is 0 Å². The van der Waals surface area contributed by atoms with Gasteiger partial charge in [-0.1, -0.05) is 23.2 Å². The van der Waals surface area contributed by atoms with Crippen molar-refractivity contribution in [3.63, 3.8) is 0 Å². The van der Waals surface area contributed by atoms with Gasteiger partial charge in [-0.15, -0.1) is 0 Å². The van der Waals surface area contributed by atoms with E-state index in [0.717, 1.165) is 37.2 Å². The first-order valence-corrected chi connectivity index (χ1v) is 7.05. The number of aromatic nitrogens is 2. The minimum atomic E-state index is 0.679. The van der Waals surface area contributed by atoms with Gasteiger partial charge in [-0.3, -0.25) is 5.10 Å². The lowest BCUT2D eigenvalue weighted by molar-refractivity contribution is 0.649. The second kappa shape index (κ2) is 6.94. The van der Waals surface area contributed by atoms with Crippen molar-refractivity contribution in [3.05, 3.63) is 51.3 Å². The van der Waals surface area contributed by atoms with Crippen LogP contribution in [-0.4, -0.2) is 16.7 Å². The first-order valence-electron chi connectivity index (χ1n) is 6.29. The summed E-state index contributed by atoms with van der Waals surface area (Å²) in [5.74, 6) is 0. The van der Waals surface area contributed by atoms with Crippen molar-refractivity contribution in [2.75, 3.05) is 6.54 Å². The van der Waals surface area contributed by atoms with Gasteiger partial charge in [0.05, 0.1) is 6.20 Å². The molecule has 1 heterocycles. The maximum absolute atomic E-state index is 5.95. The highest BCUT2D eigenvalue weighted by Crippen LogP contribution is 2.18. The molecule has 1 aromatic carbocycles. The molecular formula is C14H17Cl2N3. The molecule has 0 fully saturated rings. The van der Waals surface area contributed by atoms with Crippen LogP contribution in [0, 0.1) is 6.92 Å². The second-order valence-electron chi connectivity index (χ2n) is 4.58. The van der Waals surface area contributed by atoms with Crippen molar-refractivity contribution in [2.45, 2.75) is 26.3 Å². The Morgan fingerprint density at radius 3 is 2.58 bits per heavy atom. The highest BCUT2D eigenvalue weighted by molar-refractivity contribution is 6.34. The summed E-state index contributed by atoms with van der Waals surface area (Å²) < 4.78 is 0. The summed E-state index contributed by atoms with van der Waals surface area (Å²) in [6.45, 7) is 3.78. The average molecular weight is 298 g/mol. The molecule has 0 atom stereocenters. The van der Waals surface area contributed by atoms with Crippen molar-refractivity contribution in [2.24, 2.45) is 0 Å². The van der Waals surface area contributed by atoms with Crippen molar-refractivity contribution in [1.29, 1.82) is 0 Å². The Morgan fingerprint density at radius 1 is 1.21 bits per heavy atom. The molecule has 102 valence electrons. The minimum Gasteiger partial charge on any atom is -0.313 e. The van der Waals surface area contributed by atoms with Crippen molar-refractivity contribution >= 4 is 23.2 Å². The Morgan fingerprint density at radius 2 is 1.95 bits per heavy atom. The maximum atomic E-state index is 5.95. The van der Waals surface area contributed by atoms with Gasteiger partial charge < -0.3 is 5.32 Å². The first-order chi connectivity index (χ1) is 9.15. The largest absolute Gasteiger partial charge is 0.313 e. The van der Waals surface area contributed by atoms with Gasteiger partial charge in [-0.05, 0) is 55.6 Å². The predicted molar refractivity (Wildman–Crippen MR) is 79.8 cm³/mol. The lowest BCUT2D eigenvalue weighted by atomic mass is 10.1. The Kier molecular flexibility index (Phi) is 5.25. The van der Waals surface area contributed by atoms with Gasteiger partial charge in [0.15, 0.2) is 0 Å². The smallest absolute Gasteiger partial charge is 0.0522 e. The van der Waals surface area contributed by atoms with E-state index in [4.69, 9.17) is 23.2 Å². The van der Waals surface area contributed by atoms with Crippen LogP contribution < -0.4 is 5.32 Å². The van der Waals surface area contributed by atoms with Gasteiger partial charge in [-0.2, -0.15) is 5.10 Å². The molecule has 2 rings (SSSR count). The fourth-order valence-electron chi connectivity index (χ4n) is 1.98. The van der Waals surface area contributed by atoms with Crippen molar-refractivity contribution in [1.82, 2.24) is 15.5 Å². The molecule has 2 aromatic rings. The topological polar surface area (TPSA) is 40.7 Å². The summed E-state index contributed by atoms with van der Waals surface area (Å²) in [5, 5.41) is 11.7. The van der Waals surface area contributed by atoms with Crippen molar-refractivity contribution in [3.8, 4) is 0 Å². The number of halogens is 2. The second-order valence-corrected chi connectivity index (χ2v) is 5.45. The van der Waals surface area contributed by atoms with Gasteiger partial charge >= 0.3 is 0 Å². The van der Waals surface area contributed by atoms with Gasteiger partial charge in [0.25, 0.3) is 0 Å². The zero-order valence-electron chi connectivity index (χ0n) is 10.8. The third-order valence-electron chi connectivity index (χ3n) is 2.99. The zero-order valence-corrected chi connectivity index (χ0v) is 12.4. The van der Waals surface area contributed by atoms with E-state index < -0.39 is 0 Å². The molecule has 2 N–H and O–H groups in total. The van der Waals surface area contributed by atoms with Crippen LogP contribution in [0.25, 0.3) is 0 Å². The van der Waals surface area contributed by atoms with Crippen LogP contribution in [0.1, 0.15) is 23.2 Å². The van der Waals surface area contributed by atoms with E-state index >= 15 is 0 Å². The summed E-state index contributed by atoms with van der Waals surface area (Å²) in [6.07, 6.45) is 4.01. The molecule has 0 radical (unpaired) electrons. The van der Waals surface area contributed by atoms with E-state index in [1.54, 1.807) is 6.07 Å². The molecule has 19 heavy (non-hydrogen) atoms. The molecule has 0 saturated heterocycles. The lowest BCUT2D eigenvalue weighted by Crippen LogP contribution is -2.15. The number of nitrogens with zero attached hydrogens (tertiary/aromatic N) is 1. The van der Waals surface area contributed by atoms with Crippen molar-refractivity contribution < 1.29 is 0 Å². The van der Waals surface area contributed by atoms with Gasteiger partial charge in [0, 0.05) is 22.3 Å². The van der Waals surface area contributed by atoms with Crippen LogP contribution in [0.15, 0.2) is 24.4 Å². The van der Waals surface area contributed by atoms with E-state index in [0.29, 0.717) is 10.0 Å². The molecule has 0 unspecified atom stereocenters. The molecule has 0 bridgehead atoms. The van der Waals surface area contributed by atoms with E-state index in [2.05, 4.69) is 15.5 Å². The highest BCUT2D eigenvalue weighted by Gasteiger charge is 2.00. The summed E-state index contributed by atoms with van der Waals surface area (Å²) in [7, 11) is 0. The van der Waals surface area contributed by atoms with Gasteiger partial charge in [0.2, 0.25) is 0 Å². The van der Waals surface area contributed by atoms with Crippen LogP contribution >= 0.6 is 23.2 Å². The number of rotatable bonds is 6. The summed E-state index contributed by atoms with van der Waals surface area (Å²) >= 11 is 11.9. The molecule has 0 aliphatic heterocycles. The molecule has 0 aliphatic carbocycles. The van der Waals surface area contributed by atoms with Gasteiger partial charge in [-0.25, -0.2) is 0 Å². The Labute approximate surface area is 123 Å². The molecule has 1 aromatic heterocycles. The fourth-order valence-corrected chi connectivity index (χ4v) is 2.55. The monoisotopic (exact) mass is 297 g/mol. The predicted octanol–water partition coefficient (Wildman–Crippen LogP) is 3.75. The van der Waals surface area contributed by atoms with Crippen LogP contribution in [0.2, 0.25) is 10.0 Å². The number of aryl methyl sites for hydroxylation is 2. The third-order valence-corrected chi connectivity index (χ3v) is 3.42. The number of hydrogen-bond donors (Lipinski definition) is 2. The normalized spacial score (nSPS) is 10.9. The molecule has 5 heteroatoms. The lowest BCUT2D eigenvalue weighted by Gasteiger charge is -2.06. The number of H-pyrrole nitrogens is 1. The molecule has 3 nitrogen and oxygen atoms in total. The standard InChI is InChI=1S/C14H17Cl2N3/c1-10-12(9-18-19-10)3-2-4-17-8-11-5-13(15)7-14(16)6-11/h5-7,9,17H,2-4,8H2,1H3,(H,18,19). The van der Waals surface area contributed by atoms with E-state index in [1.807, 2.05) is 25.3 Å². The Bertz CT molecular complexity index is 517.